The van der Waals surface area contributed by atoms with E-state index < -0.39 is 12.1 Å². The van der Waals surface area contributed by atoms with Gasteiger partial charge in [0.15, 0.2) is 0 Å². The zero-order chi connectivity index (χ0) is 14.6. The monoisotopic (exact) mass is 292 g/mol. The summed E-state index contributed by atoms with van der Waals surface area (Å²) in [5, 5.41) is 3.41. The maximum absolute atomic E-state index is 12.8. The molecule has 1 N–H and O–H groups in total. The van der Waals surface area contributed by atoms with Gasteiger partial charge < -0.3 is 10.2 Å². The first-order valence-electron chi connectivity index (χ1n) is 8.01. The van der Waals surface area contributed by atoms with Crippen molar-refractivity contribution in [3.05, 3.63) is 0 Å². The Bertz CT molecular complexity index is 285. The third-order valence-electron chi connectivity index (χ3n) is 4.99. The van der Waals surface area contributed by atoms with Gasteiger partial charge in [0.25, 0.3) is 0 Å². The Balaban J connectivity index is 1.69. The first-order chi connectivity index (χ1) is 9.49. The summed E-state index contributed by atoms with van der Waals surface area (Å²) in [6.45, 7) is 6.46. The Labute approximate surface area is 120 Å². The molecule has 20 heavy (non-hydrogen) atoms. The summed E-state index contributed by atoms with van der Waals surface area (Å²) < 4.78 is 38.3. The quantitative estimate of drug-likeness (QED) is 0.854. The largest absolute Gasteiger partial charge is 0.391 e. The highest BCUT2D eigenvalue weighted by Gasteiger charge is 2.42. The molecule has 0 amide bonds. The minimum atomic E-state index is -4.01. The average Bonchev–Trinajstić information content (AvgIpc) is 2.45. The summed E-state index contributed by atoms with van der Waals surface area (Å²) >= 11 is 0. The molecule has 118 valence electrons. The van der Waals surface area contributed by atoms with Crippen molar-refractivity contribution in [2.24, 2.45) is 11.8 Å². The summed E-state index contributed by atoms with van der Waals surface area (Å²) in [5.41, 5.74) is 0. The Morgan fingerprint density at radius 3 is 2.40 bits per heavy atom. The summed E-state index contributed by atoms with van der Waals surface area (Å²) in [5.74, 6) is -0.445. The standard InChI is InChI=1S/C15H27F3N2/c1-2-20-8-6-12(7-9-20)11-19-14-5-3-4-13(10-14)15(16,17)18/h12-14,19H,2-11H2,1H3. The fourth-order valence-corrected chi connectivity index (χ4v) is 3.51. The molecule has 0 aromatic carbocycles. The molecule has 1 aliphatic heterocycles. The lowest BCUT2D eigenvalue weighted by Crippen LogP contribution is -2.43. The molecule has 1 saturated carbocycles. The van der Waals surface area contributed by atoms with Crippen molar-refractivity contribution in [1.29, 1.82) is 0 Å². The van der Waals surface area contributed by atoms with E-state index in [0.29, 0.717) is 18.8 Å². The van der Waals surface area contributed by atoms with Crippen LogP contribution in [-0.4, -0.2) is 43.3 Å². The van der Waals surface area contributed by atoms with Crippen molar-refractivity contribution in [1.82, 2.24) is 10.2 Å². The van der Waals surface area contributed by atoms with Gasteiger partial charge in [-0.15, -0.1) is 0 Å². The van der Waals surface area contributed by atoms with Gasteiger partial charge in [-0.2, -0.15) is 13.2 Å². The fourth-order valence-electron chi connectivity index (χ4n) is 3.51. The molecule has 0 bridgehead atoms. The van der Waals surface area contributed by atoms with Crippen LogP contribution in [0.1, 0.15) is 45.4 Å². The van der Waals surface area contributed by atoms with Crippen LogP contribution in [0.25, 0.3) is 0 Å². The molecule has 2 aliphatic rings. The molecule has 2 fully saturated rings. The van der Waals surface area contributed by atoms with Gasteiger partial charge in [0, 0.05) is 6.04 Å². The Morgan fingerprint density at radius 2 is 1.80 bits per heavy atom. The van der Waals surface area contributed by atoms with Gasteiger partial charge in [0.2, 0.25) is 0 Å². The molecule has 1 heterocycles. The number of rotatable bonds is 4. The van der Waals surface area contributed by atoms with Gasteiger partial charge in [0.1, 0.15) is 0 Å². The summed E-state index contributed by atoms with van der Waals surface area (Å²) in [4.78, 5) is 2.44. The second-order valence-electron chi connectivity index (χ2n) is 6.39. The molecule has 2 nitrogen and oxygen atoms in total. The van der Waals surface area contributed by atoms with E-state index in [1.807, 2.05) is 0 Å². The zero-order valence-corrected chi connectivity index (χ0v) is 12.4. The third kappa shape index (κ3) is 4.62. The van der Waals surface area contributed by atoms with E-state index in [-0.39, 0.29) is 12.5 Å². The molecular weight excluding hydrogens is 265 g/mol. The summed E-state index contributed by atoms with van der Waals surface area (Å²) in [7, 11) is 0. The van der Waals surface area contributed by atoms with E-state index >= 15 is 0 Å². The van der Waals surface area contributed by atoms with Gasteiger partial charge in [0.05, 0.1) is 5.92 Å². The van der Waals surface area contributed by atoms with E-state index in [1.54, 1.807) is 0 Å². The van der Waals surface area contributed by atoms with Crippen LogP contribution in [0.3, 0.4) is 0 Å². The molecule has 0 spiro atoms. The molecule has 1 saturated heterocycles. The number of hydrogen-bond acceptors (Lipinski definition) is 2. The molecular formula is C15H27F3N2. The maximum atomic E-state index is 12.8. The second-order valence-corrected chi connectivity index (χ2v) is 6.39. The number of hydrogen-bond donors (Lipinski definition) is 1. The highest BCUT2D eigenvalue weighted by molar-refractivity contribution is 4.83. The average molecular weight is 292 g/mol. The van der Waals surface area contributed by atoms with Gasteiger partial charge in [-0.25, -0.2) is 0 Å². The normalized spacial score (nSPS) is 30.6. The zero-order valence-electron chi connectivity index (χ0n) is 12.4. The SMILES string of the molecule is CCN1CCC(CNC2CCCC(C(F)(F)F)C2)CC1. The van der Waals surface area contributed by atoms with Crippen molar-refractivity contribution in [2.45, 2.75) is 57.7 Å². The Morgan fingerprint density at radius 1 is 1.10 bits per heavy atom. The number of piperidine rings is 1. The van der Waals surface area contributed by atoms with Crippen molar-refractivity contribution in [3.8, 4) is 0 Å². The van der Waals surface area contributed by atoms with Crippen LogP contribution < -0.4 is 5.32 Å². The lowest BCUT2D eigenvalue weighted by atomic mass is 9.85. The van der Waals surface area contributed by atoms with Crippen LogP contribution in [0.5, 0.6) is 0 Å². The highest BCUT2D eigenvalue weighted by atomic mass is 19.4. The van der Waals surface area contributed by atoms with E-state index in [4.69, 9.17) is 0 Å². The van der Waals surface area contributed by atoms with Gasteiger partial charge in [-0.1, -0.05) is 13.3 Å². The molecule has 0 radical (unpaired) electrons. The fraction of sp³-hybridized carbons (Fsp3) is 1.00. The topological polar surface area (TPSA) is 15.3 Å². The molecule has 0 aromatic rings. The predicted octanol–water partition coefficient (Wildman–Crippen LogP) is 3.43. The van der Waals surface area contributed by atoms with Crippen LogP contribution in [0.15, 0.2) is 0 Å². The lowest BCUT2D eigenvalue weighted by Gasteiger charge is -2.34. The smallest absolute Gasteiger partial charge is 0.314 e. The van der Waals surface area contributed by atoms with Crippen LogP contribution in [0.2, 0.25) is 0 Å². The summed E-state index contributed by atoms with van der Waals surface area (Å²) in [6, 6.07) is 0.0691. The van der Waals surface area contributed by atoms with Gasteiger partial charge in [-0.3, -0.25) is 0 Å². The van der Waals surface area contributed by atoms with Crippen LogP contribution >= 0.6 is 0 Å². The maximum Gasteiger partial charge on any atom is 0.391 e. The molecule has 2 unspecified atom stereocenters. The van der Waals surface area contributed by atoms with E-state index in [9.17, 15) is 13.2 Å². The van der Waals surface area contributed by atoms with E-state index in [0.717, 1.165) is 32.6 Å². The van der Waals surface area contributed by atoms with E-state index in [1.165, 1.54) is 12.8 Å². The first-order valence-corrected chi connectivity index (χ1v) is 8.01. The van der Waals surface area contributed by atoms with E-state index in [2.05, 4.69) is 17.1 Å². The van der Waals surface area contributed by atoms with Crippen LogP contribution in [0, 0.1) is 11.8 Å². The number of likely N-dealkylation sites (tertiary alicyclic amines) is 1. The molecule has 2 atom stereocenters. The number of alkyl halides is 3. The number of nitrogens with one attached hydrogen (secondary N) is 1. The minimum Gasteiger partial charge on any atom is -0.314 e. The molecule has 1 aliphatic carbocycles. The number of nitrogens with zero attached hydrogens (tertiary/aromatic N) is 1. The van der Waals surface area contributed by atoms with Gasteiger partial charge >= 0.3 is 6.18 Å². The minimum absolute atomic E-state index is 0.0691. The van der Waals surface area contributed by atoms with Crippen LogP contribution in [0.4, 0.5) is 13.2 Å². The van der Waals surface area contributed by atoms with Crippen molar-refractivity contribution < 1.29 is 13.2 Å². The Hall–Kier alpha value is -0.290. The Kier molecular flexibility index (Phi) is 5.73. The first kappa shape index (κ1) is 16.1. The van der Waals surface area contributed by atoms with Crippen molar-refractivity contribution >= 4 is 0 Å². The van der Waals surface area contributed by atoms with Crippen molar-refractivity contribution in [3.63, 3.8) is 0 Å². The van der Waals surface area contributed by atoms with Crippen molar-refractivity contribution in [2.75, 3.05) is 26.2 Å². The van der Waals surface area contributed by atoms with Crippen LogP contribution in [-0.2, 0) is 0 Å². The summed E-state index contributed by atoms with van der Waals surface area (Å²) in [6.07, 6.45) is 0.545. The highest BCUT2D eigenvalue weighted by Crippen LogP contribution is 2.37. The number of halogens is 3. The molecule has 5 heteroatoms. The lowest BCUT2D eigenvalue weighted by molar-refractivity contribution is -0.183. The predicted molar refractivity (Wildman–Crippen MR) is 74.6 cm³/mol. The van der Waals surface area contributed by atoms with Gasteiger partial charge in [-0.05, 0) is 64.2 Å². The molecule has 2 rings (SSSR count). The molecule has 0 aromatic heterocycles. The second kappa shape index (κ2) is 7.12. The third-order valence-corrected chi connectivity index (χ3v) is 4.99.